The lowest BCUT2D eigenvalue weighted by molar-refractivity contribution is 0.0393. The van der Waals surface area contributed by atoms with E-state index in [1.807, 2.05) is 12.1 Å². The predicted molar refractivity (Wildman–Crippen MR) is 126 cm³/mol. The van der Waals surface area contributed by atoms with E-state index in [9.17, 15) is 10.2 Å². The molecule has 3 aliphatic rings. The summed E-state index contributed by atoms with van der Waals surface area (Å²) in [5.41, 5.74) is 2.47. The summed E-state index contributed by atoms with van der Waals surface area (Å²) in [6, 6.07) is 13.1. The van der Waals surface area contributed by atoms with Crippen molar-refractivity contribution in [3.63, 3.8) is 0 Å². The first kappa shape index (κ1) is 24.0. The highest BCUT2D eigenvalue weighted by Gasteiger charge is 2.34. The number of fused-ring (bicyclic) bond motifs is 2. The molecule has 0 amide bonds. The zero-order chi connectivity index (χ0) is 21.9. The van der Waals surface area contributed by atoms with Crippen molar-refractivity contribution < 1.29 is 29.2 Å². The Labute approximate surface area is 200 Å². The third-order valence-electron chi connectivity index (χ3n) is 6.81. The summed E-state index contributed by atoms with van der Waals surface area (Å²) in [5, 5.41) is 19.6. The molecule has 0 radical (unpaired) electrons. The average Bonchev–Trinajstić information content (AvgIpc) is 3.55. The molecule has 3 heterocycles. The number of benzene rings is 2. The molecule has 1 fully saturated rings. The van der Waals surface area contributed by atoms with Crippen molar-refractivity contribution in [2.24, 2.45) is 0 Å². The summed E-state index contributed by atoms with van der Waals surface area (Å²) in [5.74, 6) is 3.27. The van der Waals surface area contributed by atoms with E-state index in [0.717, 1.165) is 61.5 Å². The van der Waals surface area contributed by atoms with Gasteiger partial charge in [0.25, 0.3) is 0 Å². The summed E-state index contributed by atoms with van der Waals surface area (Å²) >= 11 is 0. The Kier molecular flexibility index (Phi) is 7.86. The summed E-state index contributed by atoms with van der Waals surface area (Å²) < 4.78 is 21.8. The van der Waals surface area contributed by atoms with E-state index in [1.54, 1.807) is 0 Å². The van der Waals surface area contributed by atoms with Crippen LogP contribution in [0.1, 0.15) is 36.8 Å². The van der Waals surface area contributed by atoms with Gasteiger partial charge in [-0.25, -0.2) is 0 Å². The fraction of sp³-hybridized carbons (Fsp3) is 0.520. The molecule has 0 bridgehead atoms. The summed E-state index contributed by atoms with van der Waals surface area (Å²) in [4.78, 5) is 2.42. The van der Waals surface area contributed by atoms with Crippen molar-refractivity contribution in [2.45, 2.75) is 56.7 Å². The molecule has 0 unspecified atom stereocenters. The Bertz CT molecular complexity index is 872. The van der Waals surface area contributed by atoms with Gasteiger partial charge < -0.3 is 29.2 Å². The molecule has 0 aliphatic carbocycles. The number of hydrogen-bond acceptors (Lipinski definition) is 7. The Hall–Kier alpha value is -2.19. The normalized spacial score (nSPS) is 21.8. The van der Waals surface area contributed by atoms with Crippen LogP contribution >= 0.6 is 12.4 Å². The van der Waals surface area contributed by atoms with E-state index in [-0.39, 0.29) is 19.0 Å². The smallest absolute Gasteiger partial charge is 0.231 e. The maximum absolute atomic E-state index is 10.2. The fourth-order valence-electron chi connectivity index (χ4n) is 5.09. The third-order valence-corrected chi connectivity index (χ3v) is 6.81. The Balaban J connectivity index is 0.00000259. The number of likely N-dealkylation sites (tertiary alicyclic amines) is 1. The highest BCUT2D eigenvalue weighted by Crippen LogP contribution is 2.36. The molecule has 3 atom stereocenters. The highest BCUT2D eigenvalue weighted by molar-refractivity contribution is 5.85. The zero-order valence-corrected chi connectivity index (χ0v) is 19.5. The Morgan fingerprint density at radius 1 is 0.788 bits per heavy atom. The molecule has 5 rings (SSSR count). The van der Waals surface area contributed by atoms with Gasteiger partial charge in [-0.1, -0.05) is 12.1 Å². The van der Waals surface area contributed by atoms with Crippen LogP contribution in [0, 0.1) is 0 Å². The molecular weight excluding hydrogens is 446 g/mol. The van der Waals surface area contributed by atoms with Crippen molar-refractivity contribution in [3.05, 3.63) is 47.5 Å². The number of halogens is 1. The lowest BCUT2D eigenvalue weighted by Crippen LogP contribution is -2.42. The highest BCUT2D eigenvalue weighted by atomic mass is 35.5. The van der Waals surface area contributed by atoms with Crippen molar-refractivity contribution in [2.75, 3.05) is 26.7 Å². The molecule has 2 aromatic carbocycles. The van der Waals surface area contributed by atoms with Crippen LogP contribution in [0.25, 0.3) is 0 Å². The van der Waals surface area contributed by atoms with E-state index in [0.29, 0.717) is 32.2 Å². The minimum Gasteiger partial charge on any atom is -0.454 e. The molecule has 7 nitrogen and oxygen atoms in total. The number of ether oxygens (including phenoxy) is 4. The average molecular weight is 478 g/mol. The molecular formula is C25H32ClNO6. The number of aliphatic hydroxyl groups is 2. The largest absolute Gasteiger partial charge is 0.454 e. The van der Waals surface area contributed by atoms with Crippen LogP contribution in [0.15, 0.2) is 36.4 Å². The van der Waals surface area contributed by atoms with Crippen LogP contribution in [-0.4, -0.2) is 60.0 Å². The second kappa shape index (κ2) is 10.8. The number of hydrogen-bond donors (Lipinski definition) is 2. The number of aryl methyl sites for hydroxylation is 2. The summed E-state index contributed by atoms with van der Waals surface area (Å²) in [6.07, 6.45) is 5.41. The maximum Gasteiger partial charge on any atom is 0.231 e. The van der Waals surface area contributed by atoms with Crippen LogP contribution in [0.3, 0.4) is 0 Å². The van der Waals surface area contributed by atoms with Crippen LogP contribution in [0.5, 0.6) is 23.0 Å². The van der Waals surface area contributed by atoms with Gasteiger partial charge in [0.1, 0.15) is 0 Å². The quantitative estimate of drug-likeness (QED) is 0.573. The van der Waals surface area contributed by atoms with Crippen LogP contribution in [0.4, 0.5) is 0 Å². The number of aliphatic hydroxyl groups excluding tert-OH is 2. The van der Waals surface area contributed by atoms with Crippen LogP contribution < -0.4 is 18.9 Å². The molecule has 180 valence electrons. The van der Waals surface area contributed by atoms with Gasteiger partial charge in [0, 0.05) is 18.6 Å². The van der Waals surface area contributed by atoms with Gasteiger partial charge in [0.15, 0.2) is 23.0 Å². The molecule has 8 heteroatoms. The molecule has 2 N–H and O–H groups in total. The van der Waals surface area contributed by atoms with Crippen molar-refractivity contribution in [3.8, 4) is 23.0 Å². The van der Waals surface area contributed by atoms with Gasteiger partial charge in [0.05, 0.1) is 12.7 Å². The molecule has 1 saturated heterocycles. The standard InChI is InChI=1S/C25H31NO6.ClH/c27-14-21(28)13-26-19(5-1-17-3-9-22-24(11-17)31-15-29-22)7-8-20(26)6-2-18-4-10-23-25(12-18)32-16-30-23;/h3-4,9-12,19-21,27-28H,1-2,5-8,13-16H2;1H/t19-,20+,21-;/m1./s1. The van der Waals surface area contributed by atoms with E-state index >= 15 is 0 Å². The zero-order valence-electron chi connectivity index (χ0n) is 18.7. The Morgan fingerprint density at radius 3 is 1.76 bits per heavy atom. The predicted octanol–water partition coefficient (Wildman–Crippen LogP) is 3.32. The minimum atomic E-state index is -0.714. The van der Waals surface area contributed by atoms with Crippen molar-refractivity contribution in [1.29, 1.82) is 0 Å². The monoisotopic (exact) mass is 477 g/mol. The van der Waals surface area contributed by atoms with Gasteiger partial charge in [-0.3, -0.25) is 4.90 Å². The van der Waals surface area contributed by atoms with E-state index < -0.39 is 6.10 Å². The number of nitrogens with zero attached hydrogens (tertiary/aromatic N) is 1. The lowest BCUT2D eigenvalue weighted by atomic mass is 10.0. The Morgan fingerprint density at radius 2 is 1.27 bits per heavy atom. The molecule has 33 heavy (non-hydrogen) atoms. The lowest BCUT2D eigenvalue weighted by Gasteiger charge is -2.32. The van der Waals surface area contributed by atoms with E-state index in [4.69, 9.17) is 18.9 Å². The molecule has 2 aromatic rings. The van der Waals surface area contributed by atoms with Gasteiger partial charge in [-0.15, -0.1) is 12.4 Å². The second-order valence-electron chi connectivity index (χ2n) is 8.87. The van der Waals surface area contributed by atoms with Gasteiger partial charge >= 0.3 is 0 Å². The summed E-state index contributed by atoms with van der Waals surface area (Å²) in [7, 11) is 0. The number of β-amino-alcohol motifs (C(OH)–C–C–N with tert-alkyl or cyclic N) is 1. The van der Waals surface area contributed by atoms with Gasteiger partial charge in [-0.05, 0) is 73.9 Å². The minimum absolute atomic E-state index is 0. The first-order valence-electron chi connectivity index (χ1n) is 11.5. The first-order chi connectivity index (χ1) is 15.7. The topological polar surface area (TPSA) is 80.6 Å². The first-order valence-corrected chi connectivity index (χ1v) is 11.5. The van der Waals surface area contributed by atoms with Crippen LogP contribution in [0.2, 0.25) is 0 Å². The third kappa shape index (κ3) is 5.49. The van der Waals surface area contributed by atoms with E-state index in [1.165, 1.54) is 11.1 Å². The maximum atomic E-state index is 10.2. The molecule has 0 spiro atoms. The van der Waals surface area contributed by atoms with Crippen LogP contribution in [-0.2, 0) is 12.8 Å². The molecule has 0 saturated carbocycles. The SMILES string of the molecule is Cl.OC[C@H](O)CN1[C@H](CCc2ccc3c(c2)OCO3)CC[C@@H]1CCc1ccc2c(c1)OCO2. The fourth-order valence-corrected chi connectivity index (χ4v) is 5.09. The van der Waals surface area contributed by atoms with Crippen molar-refractivity contribution >= 4 is 12.4 Å². The van der Waals surface area contributed by atoms with Gasteiger partial charge in [0.2, 0.25) is 13.6 Å². The van der Waals surface area contributed by atoms with Crippen molar-refractivity contribution in [1.82, 2.24) is 4.90 Å². The summed E-state index contributed by atoms with van der Waals surface area (Å²) in [6.45, 7) is 0.882. The number of rotatable bonds is 9. The molecule has 3 aliphatic heterocycles. The molecule has 0 aromatic heterocycles. The van der Waals surface area contributed by atoms with Gasteiger partial charge in [-0.2, -0.15) is 0 Å². The second-order valence-corrected chi connectivity index (χ2v) is 8.87. The van der Waals surface area contributed by atoms with E-state index in [2.05, 4.69) is 29.2 Å².